The van der Waals surface area contributed by atoms with Gasteiger partial charge in [0.1, 0.15) is 0 Å². The molecule has 0 N–H and O–H groups in total. The molecule has 112 valence electrons. The summed E-state index contributed by atoms with van der Waals surface area (Å²) in [7, 11) is 0. The maximum absolute atomic E-state index is 11.9. The third kappa shape index (κ3) is 3.12. The molecule has 2 rings (SSSR count). The van der Waals surface area contributed by atoms with Crippen LogP contribution in [0.5, 0.6) is 0 Å². The summed E-state index contributed by atoms with van der Waals surface area (Å²) in [4.78, 5) is 16.1. The van der Waals surface area contributed by atoms with Crippen molar-refractivity contribution in [3.05, 3.63) is 35.8 Å². The quantitative estimate of drug-likeness (QED) is 0.792. The summed E-state index contributed by atoms with van der Waals surface area (Å²) >= 11 is 0. The Balaban J connectivity index is 2.51. The first-order valence-electron chi connectivity index (χ1n) is 7.27. The zero-order valence-electron chi connectivity index (χ0n) is 13.0. The van der Waals surface area contributed by atoms with Gasteiger partial charge in [0.25, 0.3) is 0 Å². The summed E-state index contributed by atoms with van der Waals surface area (Å²) < 4.78 is 6.84. The molecular formula is C16H21N3O2. The molecule has 2 heterocycles. The lowest BCUT2D eigenvalue weighted by atomic mass is 9.97. The molecule has 0 saturated carbocycles. The Hall–Kier alpha value is -2.17. The Labute approximate surface area is 125 Å². The molecule has 0 aliphatic carbocycles. The number of aromatic nitrogens is 3. The Bertz CT molecular complexity index is 632. The average Bonchev–Trinajstić information content (AvgIpc) is 2.91. The minimum atomic E-state index is -0.388. The van der Waals surface area contributed by atoms with E-state index in [2.05, 4.69) is 23.9 Å². The van der Waals surface area contributed by atoms with E-state index in [1.165, 1.54) is 5.56 Å². The Morgan fingerprint density at radius 1 is 1.38 bits per heavy atom. The smallest absolute Gasteiger partial charge is 0.358 e. The molecule has 0 atom stereocenters. The molecule has 2 aromatic heterocycles. The van der Waals surface area contributed by atoms with Gasteiger partial charge in [0, 0.05) is 24.5 Å². The van der Waals surface area contributed by atoms with Crippen LogP contribution in [-0.2, 0) is 11.3 Å². The van der Waals surface area contributed by atoms with Crippen LogP contribution in [0.1, 0.15) is 49.7 Å². The first kappa shape index (κ1) is 15.2. The van der Waals surface area contributed by atoms with Crippen LogP contribution < -0.4 is 0 Å². The average molecular weight is 287 g/mol. The molecule has 0 saturated heterocycles. The monoisotopic (exact) mass is 287 g/mol. The molecule has 0 radical (unpaired) electrons. The maximum atomic E-state index is 11.9. The molecule has 0 fully saturated rings. The molecule has 0 amide bonds. The number of carbonyl (C=O) groups is 1. The van der Waals surface area contributed by atoms with Gasteiger partial charge in [-0.1, -0.05) is 13.8 Å². The third-order valence-corrected chi connectivity index (χ3v) is 3.32. The van der Waals surface area contributed by atoms with Crippen molar-refractivity contribution in [1.29, 1.82) is 0 Å². The third-order valence-electron chi connectivity index (χ3n) is 3.32. The van der Waals surface area contributed by atoms with E-state index >= 15 is 0 Å². The normalized spacial score (nSPS) is 10.9. The standard InChI is InChI=1S/C16H21N3O2/c1-5-19-15(9-14(18-19)16(20)21-6-2)13-10-17-8-7-12(13)11(3)4/h7-11H,5-6H2,1-4H3. The lowest BCUT2D eigenvalue weighted by Gasteiger charge is -2.12. The van der Waals surface area contributed by atoms with Crippen LogP contribution in [0, 0.1) is 0 Å². The van der Waals surface area contributed by atoms with Gasteiger partial charge in [0.2, 0.25) is 0 Å². The molecule has 0 spiro atoms. The van der Waals surface area contributed by atoms with Gasteiger partial charge in [-0.05, 0) is 37.5 Å². The fourth-order valence-electron chi connectivity index (χ4n) is 2.30. The molecule has 21 heavy (non-hydrogen) atoms. The first-order chi connectivity index (χ1) is 10.1. The van der Waals surface area contributed by atoms with Crippen molar-refractivity contribution in [3.8, 4) is 11.3 Å². The number of aryl methyl sites for hydroxylation is 1. The highest BCUT2D eigenvalue weighted by Gasteiger charge is 2.18. The van der Waals surface area contributed by atoms with E-state index in [1.807, 2.05) is 23.9 Å². The molecule has 0 aliphatic rings. The van der Waals surface area contributed by atoms with Gasteiger partial charge in [-0.3, -0.25) is 9.67 Å². The lowest BCUT2D eigenvalue weighted by molar-refractivity contribution is 0.0518. The van der Waals surface area contributed by atoms with E-state index in [1.54, 1.807) is 19.2 Å². The van der Waals surface area contributed by atoms with Crippen LogP contribution in [0.2, 0.25) is 0 Å². The number of rotatable bonds is 5. The zero-order valence-corrected chi connectivity index (χ0v) is 13.0. The lowest BCUT2D eigenvalue weighted by Crippen LogP contribution is -2.07. The summed E-state index contributed by atoms with van der Waals surface area (Å²) in [6, 6.07) is 3.79. The fourth-order valence-corrected chi connectivity index (χ4v) is 2.30. The highest BCUT2D eigenvalue weighted by atomic mass is 16.5. The number of hydrogen-bond acceptors (Lipinski definition) is 4. The van der Waals surface area contributed by atoms with Crippen molar-refractivity contribution in [2.45, 2.75) is 40.2 Å². The largest absolute Gasteiger partial charge is 0.461 e. The second-order valence-electron chi connectivity index (χ2n) is 5.07. The van der Waals surface area contributed by atoms with Crippen LogP contribution in [0.15, 0.2) is 24.5 Å². The van der Waals surface area contributed by atoms with Crippen molar-refractivity contribution in [3.63, 3.8) is 0 Å². The summed E-state index contributed by atoms with van der Waals surface area (Å²) in [6.45, 7) is 9.08. The van der Waals surface area contributed by atoms with Crippen molar-refractivity contribution in [1.82, 2.24) is 14.8 Å². The second-order valence-corrected chi connectivity index (χ2v) is 5.07. The number of esters is 1. The van der Waals surface area contributed by atoms with E-state index in [0.717, 1.165) is 11.3 Å². The molecular weight excluding hydrogens is 266 g/mol. The minimum absolute atomic E-state index is 0.340. The number of pyridine rings is 1. The fraction of sp³-hybridized carbons (Fsp3) is 0.438. The Morgan fingerprint density at radius 3 is 2.76 bits per heavy atom. The molecule has 0 bridgehead atoms. The van der Waals surface area contributed by atoms with Crippen LogP contribution in [-0.4, -0.2) is 27.3 Å². The van der Waals surface area contributed by atoms with Gasteiger partial charge in [-0.25, -0.2) is 4.79 Å². The number of hydrogen-bond donors (Lipinski definition) is 0. The molecule has 0 aromatic carbocycles. The molecule has 0 aliphatic heterocycles. The van der Waals surface area contributed by atoms with Crippen molar-refractivity contribution in [2.24, 2.45) is 0 Å². The van der Waals surface area contributed by atoms with Crippen LogP contribution >= 0.6 is 0 Å². The van der Waals surface area contributed by atoms with Crippen molar-refractivity contribution < 1.29 is 9.53 Å². The van der Waals surface area contributed by atoms with Crippen molar-refractivity contribution >= 4 is 5.97 Å². The number of ether oxygens (including phenoxy) is 1. The molecule has 2 aromatic rings. The number of nitrogens with zero attached hydrogens (tertiary/aromatic N) is 3. The maximum Gasteiger partial charge on any atom is 0.358 e. The second kappa shape index (κ2) is 6.52. The van der Waals surface area contributed by atoms with E-state index in [9.17, 15) is 4.79 Å². The summed E-state index contributed by atoms with van der Waals surface area (Å²) in [6.07, 6.45) is 3.62. The summed E-state index contributed by atoms with van der Waals surface area (Å²) in [5.74, 6) is -0.0183. The SMILES string of the molecule is CCOC(=O)c1cc(-c2cnccc2C(C)C)n(CC)n1. The van der Waals surface area contributed by atoms with Gasteiger partial charge < -0.3 is 4.74 Å². The topological polar surface area (TPSA) is 57.0 Å². The van der Waals surface area contributed by atoms with E-state index in [-0.39, 0.29) is 5.97 Å². The molecule has 0 unspecified atom stereocenters. The van der Waals surface area contributed by atoms with Crippen molar-refractivity contribution in [2.75, 3.05) is 6.61 Å². The number of carbonyl (C=O) groups excluding carboxylic acids is 1. The van der Waals surface area contributed by atoms with Gasteiger partial charge in [0.05, 0.1) is 12.3 Å². The predicted octanol–water partition coefficient (Wildman–Crippen LogP) is 3.27. The molecule has 5 nitrogen and oxygen atoms in total. The van der Waals surface area contributed by atoms with E-state index in [0.29, 0.717) is 24.8 Å². The summed E-state index contributed by atoms with van der Waals surface area (Å²) in [5.41, 5.74) is 3.44. The van der Waals surface area contributed by atoms with Crippen LogP contribution in [0.3, 0.4) is 0 Å². The van der Waals surface area contributed by atoms with Gasteiger partial charge in [-0.2, -0.15) is 5.10 Å². The van der Waals surface area contributed by atoms with E-state index in [4.69, 9.17) is 4.74 Å². The van der Waals surface area contributed by atoms with Gasteiger partial charge in [-0.15, -0.1) is 0 Å². The Morgan fingerprint density at radius 2 is 2.14 bits per heavy atom. The van der Waals surface area contributed by atoms with Crippen LogP contribution in [0.25, 0.3) is 11.3 Å². The Kier molecular flexibility index (Phi) is 4.73. The van der Waals surface area contributed by atoms with Gasteiger partial charge in [0.15, 0.2) is 5.69 Å². The highest BCUT2D eigenvalue weighted by molar-refractivity contribution is 5.88. The highest BCUT2D eigenvalue weighted by Crippen LogP contribution is 2.29. The first-order valence-corrected chi connectivity index (χ1v) is 7.27. The summed E-state index contributed by atoms with van der Waals surface area (Å²) in [5, 5.41) is 4.34. The molecule has 5 heteroatoms. The van der Waals surface area contributed by atoms with E-state index < -0.39 is 0 Å². The van der Waals surface area contributed by atoms with Gasteiger partial charge >= 0.3 is 5.97 Å². The van der Waals surface area contributed by atoms with Crippen LogP contribution in [0.4, 0.5) is 0 Å². The predicted molar refractivity (Wildman–Crippen MR) is 81.2 cm³/mol. The zero-order chi connectivity index (χ0) is 15.4. The minimum Gasteiger partial charge on any atom is -0.461 e.